The first-order chi connectivity index (χ1) is 5.27. The van der Waals surface area contributed by atoms with Gasteiger partial charge >= 0.3 is 0 Å². The van der Waals surface area contributed by atoms with E-state index in [4.69, 9.17) is 9.47 Å². The first kappa shape index (κ1) is 9.32. The van der Waals surface area contributed by atoms with E-state index in [1.807, 2.05) is 0 Å². The molecule has 66 valence electrons. The Hall–Kier alpha value is 0.230. The molecule has 1 aliphatic heterocycles. The predicted molar refractivity (Wildman–Crippen MR) is 44.7 cm³/mol. The molecule has 1 N–H and O–H groups in total. The number of hydrogen-bond donors (Lipinski definition) is 1. The molecule has 0 radical (unpaired) electrons. The Labute approximate surface area is 71.1 Å². The number of hydrogen-bond acceptors (Lipinski definition) is 4. The van der Waals surface area contributed by atoms with Crippen molar-refractivity contribution in [2.75, 3.05) is 20.8 Å². The Balaban J connectivity index is 2.37. The second-order valence-electron chi connectivity index (χ2n) is 2.59. The summed E-state index contributed by atoms with van der Waals surface area (Å²) in [6, 6.07) is 0. The lowest BCUT2D eigenvalue weighted by Crippen LogP contribution is -2.24. The third kappa shape index (κ3) is 2.33. The van der Waals surface area contributed by atoms with Crippen LogP contribution in [0.1, 0.15) is 6.42 Å². The molecule has 0 aromatic heterocycles. The standard InChI is InChI=1S/C7H14O3S/c1-9-4-6-5(10-2)3-7(8)11-6/h5-8H,3-4H2,1-2H3. The molecule has 0 bridgehead atoms. The molecule has 0 spiro atoms. The summed E-state index contributed by atoms with van der Waals surface area (Å²) in [5.74, 6) is 0. The quantitative estimate of drug-likeness (QED) is 0.682. The van der Waals surface area contributed by atoms with E-state index in [9.17, 15) is 5.11 Å². The second-order valence-corrected chi connectivity index (χ2v) is 4.02. The van der Waals surface area contributed by atoms with Crippen molar-refractivity contribution in [2.24, 2.45) is 0 Å². The molecule has 1 heterocycles. The van der Waals surface area contributed by atoms with E-state index in [1.165, 1.54) is 11.8 Å². The molecule has 1 fully saturated rings. The highest BCUT2D eigenvalue weighted by atomic mass is 32.2. The average Bonchev–Trinajstić information content (AvgIpc) is 2.32. The van der Waals surface area contributed by atoms with Gasteiger partial charge in [0.2, 0.25) is 0 Å². The molecule has 3 unspecified atom stereocenters. The maximum Gasteiger partial charge on any atom is 0.102 e. The fourth-order valence-electron chi connectivity index (χ4n) is 1.25. The highest BCUT2D eigenvalue weighted by molar-refractivity contribution is 8.00. The number of rotatable bonds is 3. The number of thioether (sulfide) groups is 1. The van der Waals surface area contributed by atoms with E-state index in [0.717, 1.165) is 6.42 Å². The van der Waals surface area contributed by atoms with Gasteiger partial charge in [-0.05, 0) is 0 Å². The lowest BCUT2D eigenvalue weighted by Gasteiger charge is -2.14. The fraction of sp³-hybridized carbons (Fsp3) is 1.00. The monoisotopic (exact) mass is 178 g/mol. The van der Waals surface area contributed by atoms with Crippen molar-refractivity contribution in [3.63, 3.8) is 0 Å². The van der Waals surface area contributed by atoms with Gasteiger partial charge < -0.3 is 14.6 Å². The van der Waals surface area contributed by atoms with Gasteiger partial charge in [0.05, 0.1) is 18.0 Å². The van der Waals surface area contributed by atoms with Crippen molar-refractivity contribution in [2.45, 2.75) is 23.2 Å². The SMILES string of the molecule is COCC1SC(O)CC1OC. The molecule has 3 atom stereocenters. The van der Waals surface area contributed by atoms with Gasteiger partial charge in [0.25, 0.3) is 0 Å². The van der Waals surface area contributed by atoms with Gasteiger partial charge in [-0.15, -0.1) is 11.8 Å². The van der Waals surface area contributed by atoms with Crippen LogP contribution in [-0.4, -0.2) is 42.7 Å². The molecule has 11 heavy (non-hydrogen) atoms. The maximum absolute atomic E-state index is 9.26. The van der Waals surface area contributed by atoms with Crippen LogP contribution in [0.3, 0.4) is 0 Å². The highest BCUT2D eigenvalue weighted by Crippen LogP contribution is 2.33. The Bertz CT molecular complexity index is 120. The van der Waals surface area contributed by atoms with Crippen LogP contribution in [0.15, 0.2) is 0 Å². The van der Waals surface area contributed by atoms with Crippen LogP contribution < -0.4 is 0 Å². The van der Waals surface area contributed by atoms with Gasteiger partial charge in [0.1, 0.15) is 5.44 Å². The van der Waals surface area contributed by atoms with Crippen molar-refractivity contribution in [1.29, 1.82) is 0 Å². The molecule has 0 saturated carbocycles. The third-order valence-corrected chi connectivity index (χ3v) is 3.11. The van der Waals surface area contributed by atoms with Crippen LogP contribution in [0.4, 0.5) is 0 Å². The summed E-state index contributed by atoms with van der Waals surface area (Å²) in [4.78, 5) is 0. The van der Waals surface area contributed by atoms with Crippen molar-refractivity contribution in [1.82, 2.24) is 0 Å². The smallest absolute Gasteiger partial charge is 0.102 e. The highest BCUT2D eigenvalue weighted by Gasteiger charge is 2.33. The van der Waals surface area contributed by atoms with Gasteiger partial charge in [-0.3, -0.25) is 0 Å². The summed E-state index contributed by atoms with van der Waals surface area (Å²) < 4.78 is 10.2. The maximum atomic E-state index is 9.26. The number of aliphatic hydroxyl groups is 1. The Morgan fingerprint density at radius 1 is 1.55 bits per heavy atom. The van der Waals surface area contributed by atoms with Gasteiger partial charge in [-0.2, -0.15) is 0 Å². The molecule has 1 aliphatic rings. The fourth-order valence-corrected chi connectivity index (χ4v) is 2.57. The molecule has 1 rings (SSSR count). The largest absolute Gasteiger partial charge is 0.383 e. The van der Waals surface area contributed by atoms with Crippen LogP contribution in [-0.2, 0) is 9.47 Å². The van der Waals surface area contributed by atoms with E-state index < -0.39 is 0 Å². The molecule has 4 heteroatoms. The molecule has 0 amide bonds. The summed E-state index contributed by atoms with van der Waals surface area (Å²) in [5.41, 5.74) is -0.278. The molecule has 0 aromatic rings. The first-order valence-corrected chi connectivity index (χ1v) is 4.57. The predicted octanol–water partition coefficient (Wildman–Crippen LogP) is 0.472. The minimum absolute atomic E-state index is 0.148. The minimum Gasteiger partial charge on any atom is -0.383 e. The van der Waals surface area contributed by atoms with Crippen LogP contribution >= 0.6 is 11.8 Å². The minimum atomic E-state index is -0.278. The Morgan fingerprint density at radius 2 is 2.27 bits per heavy atom. The summed E-state index contributed by atoms with van der Waals surface area (Å²) in [6.45, 7) is 0.653. The van der Waals surface area contributed by atoms with Crippen molar-refractivity contribution >= 4 is 11.8 Å². The first-order valence-electron chi connectivity index (χ1n) is 3.63. The van der Waals surface area contributed by atoms with Crippen molar-refractivity contribution < 1.29 is 14.6 Å². The number of ether oxygens (including phenoxy) is 2. The normalized spacial score (nSPS) is 37.9. The molecular weight excluding hydrogens is 164 g/mol. The number of methoxy groups -OCH3 is 2. The van der Waals surface area contributed by atoms with Crippen LogP contribution in [0.25, 0.3) is 0 Å². The van der Waals surface area contributed by atoms with Crippen LogP contribution in [0.2, 0.25) is 0 Å². The topological polar surface area (TPSA) is 38.7 Å². The van der Waals surface area contributed by atoms with Gasteiger partial charge in [0.15, 0.2) is 0 Å². The van der Waals surface area contributed by atoms with E-state index in [2.05, 4.69) is 0 Å². The zero-order valence-electron chi connectivity index (χ0n) is 6.82. The molecule has 1 saturated heterocycles. The lowest BCUT2D eigenvalue weighted by molar-refractivity contribution is 0.0612. The molecular formula is C7H14O3S. The summed E-state index contributed by atoms with van der Waals surface area (Å²) >= 11 is 1.53. The summed E-state index contributed by atoms with van der Waals surface area (Å²) in [7, 11) is 3.34. The zero-order valence-corrected chi connectivity index (χ0v) is 7.63. The summed E-state index contributed by atoms with van der Waals surface area (Å²) in [5, 5.41) is 9.55. The van der Waals surface area contributed by atoms with E-state index in [-0.39, 0.29) is 11.5 Å². The van der Waals surface area contributed by atoms with Crippen LogP contribution in [0, 0.1) is 0 Å². The van der Waals surface area contributed by atoms with Gasteiger partial charge in [0, 0.05) is 20.6 Å². The zero-order chi connectivity index (χ0) is 8.27. The van der Waals surface area contributed by atoms with E-state index >= 15 is 0 Å². The second kappa shape index (κ2) is 4.30. The Kier molecular flexibility index (Phi) is 3.65. The van der Waals surface area contributed by atoms with Crippen molar-refractivity contribution in [3.05, 3.63) is 0 Å². The van der Waals surface area contributed by atoms with Gasteiger partial charge in [-0.1, -0.05) is 0 Å². The van der Waals surface area contributed by atoms with Gasteiger partial charge in [-0.25, -0.2) is 0 Å². The van der Waals surface area contributed by atoms with Crippen LogP contribution in [0.5, 0.6) is 0 Å². The molecule has 0 aliphatic carbocycles. The summed E-state index contributed by atoms with van der Waals surface area (Å²) in [6.07, 6.45) is 0.866. The molecule has 0 aromatic carbocycles. The van der Waals surface area contributed by atoms with E-state index in [1.54, 1.807) is 14.2 Å². The lowest BCUT2D eigenvalue weighted by atomic mass is 10.2. The third-order valence-electron chi connectivity index (χ3n) is 1.81. The Morgan fingerprint density at radius 3 is 2.82 bits per heavy atom. The van der Waals surface area contributed by atoms with E-state index in [0.29, 0.717) is 11.9 Å². The molecule has 3 nitrogen and oxygen atoms in total. The number of aliphatic hydroxyl groups excluding tert-OH is 1. The average molecular weight is 178 g/mol. The van der Waals surface area contributed by atoms with Crippen molar-refractivity contribution in [3.8, 4) is 0 Å².